The Balaban J connectivity index is 1.67. The molecule has 0 unspecified atom stereocenters. The molecule has 0 atom stereocenters. The highest BCUT2D eigenvalue weighted by atomic mass is 32.2. The van der Waals surface area contributed by atoms with Crippen molar-refractivity contribution in [1.29, 1.82) is 0 Å². The van der Waals surface area contributed by atoms with Gasteiger partial charge in [-0.05, 0) is 12.0 Å². The van der Waals surface area contributed by atoms with Crippen molar-refractivity contribution in [2.75, 3.05) is 18.8 Å². The molecule has 0 spiro atoms. The van der Waals surface area contributed by atoms with Crippen LogP contribution in [0.2, 0.25) is 0 Å². The predicted molar refractivity (Wildman–Crippen MR) is 62.4 cm³/mol. The highest BCUT2D eigenvalue weighted by molar-refractivity contribution is 7.99. The lowest BCUT2D eigenvalue weighted by Gasteiger charge is -2.09. The van der Waals surface area contributed by atoms with E-state index in [-0.39, 0.29) is 0 Å². The van der Waals surface area contributed by atoms with Crippen LogP contribution in [0.3, 0.4) is 0 Å². The molecule has 0 aromatic heterocycles. The smallest absolute Gasteiger partial charge is 0.106 e. The van der Waals surface area contributed by atoms with Crippen LogP contribution in [0.4, 0.5) is 0 Å². The van der Waals surface area contributed by atoms with Crippen molar-refractivity contribution in [3.8, 4) is 0 Å². The van der Waals surface area contributed by atoms with Crippen molar-refractivity contribution in [3.05, 3.63) is 35.9 Å². The van der Waals surface area contributed by atoms with Crippen LogP contribution in [-0.4, -0.2) is 24.3 Å². The molecular weight excluding hydrogens is 192 g/mol. The Morgan fingerprint density at radius 3 is 2.57 bits per heavy atom. The largest absolute Gasteiger partial charge is 0.292 e. The van der Waals surface area contributed by atoms with Gasteiger partial charge in [-0.25, -0.2) is 0 Å². The Labute approximate surface area is 89.5 Å². The third kappa shape index (κ3) is 3.01. The van der Waals surface area contributed by atoms with Gasteiger partial charge in [0.1, 0.15) is 5.50 Å². The van der Waals surface area contributed by atoms with Gasteiger partial charge in [-0.15, -0.1) is 11.8 Å². The molecule has 1 fully saturated rings. The van der Waals surface area contributed by atoms with Crippen LogP contribution in [0, 0.1) is 0 Å². The van der Waals surface area contributed by atoms with Gasteiger partial charge in [0.05, 0.1) is 0 Å². The summed E-state index contributed by atoms with van der Waals surface area (Å²) < 4.78 is 0. The zero-order chi connectivity index (χ0) is 9.64. The second kappa shape index (κ2) is 5.39. The van der Waals surface area contributed by atoms with E-state index in [0.717, 1.165) is 19.5 Å². The zero-order valence-electron chi connectivity index (χ0n) is 8.20. The molecule has 0 bridgehead atoms. The summed E-state index contributed by atoms with van der Waals surface area (Å²) in [5, 5.41) is 6.79. The molecular formula is C11H16N2S. The minimum absolute atomic E-state index is 0.471. The maximum atomic E-state index is 3.39. The summed E-state index contributed by atoms with van der Waals surface area (Å²) in [4.78, 5) is 0. The summed E-state index contributed by atoms with van der Waals surface area (Å²) in [6, 6.07) is 10.7. The summed E-state index contributed by atoms with van der Waals surface area (Å²) >= 11 is 1.96. The highest BCUT2D eigenvalue weighted by Crippen LogP contribution is 2.11. The third-order valence-corrected chi connectivity index (χ3v) is 3.41. The van der Waals surface area contributed by atoms with Gasteiger partial charge in [0.25, 0.3) is 0 Å². The van der Waals surface area contributed by atoms with Gasteiger partial charge in [-0.2, -0.15) is 0 Å². The monoisotopic (exact) mass is 208 g/mol. The molecule has 1 aromatic carbocycles. The lowest BCUT2D eigenvalue weighted by Crippen LogP contribution is -2.27. The van der Waals surface area contributed by atoms with Crippen LogP contribution >= 0.6 is 11.8 Å². The van der Waals surface area contributed by atoms with Gasteiger partial charge in [-0.3, -0.25) is 10.6 Å². The topological polar surface area (TPSA) is 24.1 Å². The van der Waals surface area contributed by atoms with Gasteiger partial charge in [-0.1, -0.05) is 30.3 Å². The first-order chi connectivity index (χ1) is 6.95. The second-order valence-corrected chi connectivity index (χ2v) is 4.61. The Kier molecular flexibility index (Phi) is 3.86. The molecule has 1 heterocycles. The van der Waals surface area contributed by atoms with Crippen LogP contribution in [0.5, 0.6) is 0 Å². The minimum Gasteiger partial charge on any atom is -0.292 e. The molecule has 2 nitrogen and oxygen atoms in total. The van der Waals surface area contributed by atoms with E-state index in [2.05, 4.69) is 41.0 Å². The summed E-state index contributed by atoms with van der Waals surface area (Å²) in [7, 11) is 0. The molecule has 1 aliphatic heterocycles. The van der Waals surface area contributed by atoms with Crippen molar-refractivity contribution in [2.45, 2.75) is 11.9 Å². The molecule has 14 heavy (non-hydrogen) atoms. The van der Waals surface area contributed by atoms with Crippen molar-refractivity contribution < 1.29 is 0 Å². The van der Waals surface area contributed by atoms with Crippen LogP contribution < -0.4 is 10.6 Å². The molecule has 0 radical (unpaired) electrons. The van der Waals surface area contributed by atoms with E-state index in [1.54, 1.807) is 0 Å². The van der Waals surface area contributed by atoms with Gasteiger partial charge < -0.3 is 0 Å². The summed E-state index contributed by atoms with van der Waals surface area (Å²) in [5.74, 6) is 1.18. The molecule has 2 rings (SSSR count). The van der Waals surface area contributed by atoms with Crippen LogP contribution in [-0.2, 0) is 6.42 Å². The van der Waals surface area contributed by atoms with E-state index in [1.165, 1.54) is 11.3 Å². The zero-order valence-corrected chi connectivity index (χ0v) is 9.02. The Morgan fingerprint density at radius 1 is 1.14 bits per heavy atom. The maximum Gasteiger partial charge on any atom is 0.106 e. The minimum atomic E-state index is 0.471. The maximum absolute atomic E-state index is 3.39. The van der Waals surface area contributed by atoms with Gasteiger partial charge in [0.15, 0.2) is 0 Å². The average Bonchev–Trinajstić information content (AvgIpc) is 2.72. The first-order valence-electron chi connectivity index (χ1n) is 5.07. The van der Waals surface area contributed by atoms with Gasteiger partial charge in [0.2, 0.25) is 0 Å². The van der Waals surface area contributed by atoms with Crippen molar-refractivity contribution >= 4 is 11.8 Å². The highest BCUT2D eigenvalue weighted by Gasteiger charge is 2.11. The third-order valence-electron chi connectivity index (χ3n) is 2.30. The van der Waals surface area contributed by atoms with Crippen LogP contribution in [0.15, 0.2) is 30.3 Å². The number of aryl methyl sites for hydroxylation is 1. The number of benzene rings is 1. The normalized spacial score (nSPS) is 17.4. The molecule has 0 aliphatic carbocycles. The van der Waals surface area contributed by atoms with E-state index in [1.807, 2.05) is 11.8 Å². The number of hydrogen-bond acceptors (Lipinski definition) is 3. The summed E-state index contributed by atoms with van der Waals surface area (Å²) in [5.41, 5.74) is 1.90. The molecule has 3 heteroatoms. The fourth-order valence-corrected chi connectivity index (χ4v) is 2.60. The number of thioether (sulfide) groups is 1. The molecule has 1 saturated heterocycles. The van der Waals surface area contributed by atoms with Crippen LogP contribution in [0.25, 0.3) is 0 Å². The Morgan fingerprint density at radius 2 is 1.86 bits per heavy atom. The van der Waals surface area contributed by atoms with E-state index in [4.69, 9.17) is 0 Å². The number of hydrogen-bond donors (Lipinski definition) is 2. The van der Waals surface area contributed by atoms with Gasteiger partial charge in [0, 0.05) is 18.8 Å². The SMILES string of the molecule is c1ccc(CCSC2NCCN2)cc1. The average molecular weight is 208 g/mol. The summed E-state index contributed by atoms with van der Waals surface area (Å²) in [6.45, 7) is 2.20. The lowest BCUT2D eigenvalue weighted by molar-refractivity contribution is 0.744. The Bertz CT molecular complexity index is 257. The van der Waals surface area contributed by atoms with E-state index in [0.29, 0.717) is 5.50 Å². The summed E-state index contributed by atoms with van der Waals surface area (Å²) in [6.07, 6.45) is 1.16. The lowest BCUT2D eigenvalue weighted by atomic mass is 10.2. The van der Waals surface area contributed by atoms with E-state index >= 15 is 0 Å². The fourth-order valence-electron chi connectivity index (χ4n) is 1.54. The number of rotatable bonds is 4. The van der Waals surface area contributed by atoms with Crippen molar-refractivity contribution in [3.63, 3.8) is 0 Å². The second-order valence-electron chi connectivity index (χ2n) is 3.39. The number of nitrogens with one attached hydrogen (secondary N) is 2. The Hall–Kier alpha value is -0.510. The molecule has 1 aliphatic rings. The first-order valence-corrected chi connectivity index (χ1v) is 6.12. The first kappa shape index (κ1) is 10.0. The fraction of sp³-hybridized carbons (Fsp3) is 0.455. The van der Waals surface area contributed by atoms with E-state index < -0.39 is 0 Å². The quantitative estimate of drug-likeness (QED) is 0.783. The molecule has 76 valence electrons. The van der Waals surface area contributed by atoms with Gasteiger partial charge >= 0.3 is 0 Å². The van der Waals surface area contributed by atoms with Crippen molar-refractivity contribution in [2.24, 2.45) is 0 Å². The molecule has 1 aromatic rings. The predicted octanol–water partition coefficient (Wildman–Crippen LogP) is 1.44. The molecule has 0 amide bonds. The van der Waals surface area contributed by atoms with E-state index in [9.17, 15) is 0 Å². The van der Waals surface area contributed by atoms with Crippen LogP contribution in [0.1, 0.15) is 5.56 Å². The molecule has 2 N–H and O–H groups in total. The molecule has 0 saturated carbocycles. The standard InChI is InChI=1S/C11H16N2S/c1-2-4-10(5-3-1)6-9-14-11-12-7-8-13-11/h1-5,11-13H,6-9H2. The van der Waals surface area contributed by atoms with Crippen molar-refractivity contribution in [1.82, 2.24) is 10.6 Å².